The summed E-state index contributed by atoms with van der Waals surface area (Å²) in [5.74, 6) is -0.615. The second kappa shape index (κ2) is 6.64. The average molecular weight is 348 g/mol. The first-order valence-electron chi connectivity index (χ1n) is 7.84. The number of primary amides is 1. The quantitative estimate of drug-likeness (QED) is 0.827. The highest BCUT2D eigenvalue weighted by atomic mass is 32.1. The number of thiophene rings is 1. The summed E-state index contributed by atoms with van der Waals surface area (Å²) in [5.41, 5.74) is 7.35. The van der Waals surface area contributed by atoms with Gasteiger partial charge < -0.3 is 15.8 Å². The van der Waals surface area contributed by atoms with Gasteiger partial charge >= 0.3 is 0 Å². The highest BCUT2D eigenvalue weighted by Gasteiger charge is 2.25. The molecule has 0 fully saturated rings. The van der Waals surface area contributed by atoms with Crippen LogP contribution in [0.1, 0.15) is 50.4 Å². The minimum Gasteiger partial charge on any atom is -0.479 e. The number of aromatic nitrogens is 2. The van der Waals surface area contributed by atoms with E-state index in [9.17, 15) is 9.59 Å². The first kappa shape index (κ1) is 16.5. The Hall–Kier alpha value is -2.35. The smallest absolute Gasteiger partial charge is 0.263 e. The lowest BCUT2D eigenvalue weighted by Crippen LogP contribution is -2.18. The van der Waals surface area contributed by atoms with E-state index in [0.29, 0.717) is 16.1 Å². The number of nitrogens with zero attached hydrogens (tertiary/aromatic N) is 2. The van der Waals surface area contributed by atoms with E-state index in [0.717, 1.165) is 42.5 Å². The van der Waals surface area contributed by atoms with E-state index >= 15 is 0 Å². The van der Waals surface area contributed by atoms with Crippen molar-refractivity contribution in [2.75, 3.05) is 12.4 Å². The number of aryl methyl sites for hydroxylation is 2. The maximum Gasteiger partial charge on any atom is 0.263 e. The Bertz CT molecular complexity index is 794. The molecule has 2 aromatic heterocycles. The van der Waals surface area contributed by atoms with Crippen molar-refractivity contribution in [2.45, 2.75) is 32.1 Å². The van der Waals surface area contributed by atoms with E-state index in [1.54, 1.807) is 13.2 Å². The predicted molar refractivity (Wildman–Crippen MR) is 91.8 cm³/mol. The lowest BCUT2D eigenvalue weighted by atomic mass is 10.1. The van der Waals surface area contributed by atoms with Crippen LogP contribution in [0, 0.1) is 0 Å². The number of hydrogen-bond donors (Lipinski definition) is 2. The number of carbonyl (C=O) groups is 2. The van der Waals surface area contributed by atoms with Crippen LogP contribution in [-0.4, -0.2) is 28.7 Å². The Morgan fingerprint density at radius 2 is 2.08 bits per heavy atom. The molecule has 128 valence electrons. The molecule has 0 bridgehead atoms. The maximum absolute atomic E-state index is 12.6. The van der Waals surface area contributed by atoms with Crippen LogP contribution in [0.15, 0.2) is 6.20 Å². The third kappa shape index (κ3) is 3.01. The van der Waals surface area contributed by atoms with Gasteiger partial charge in [-0.2, -0.15) is 0 Å². The van der Waals surface area contributed by atoms with E-state index in [-0.39, 0.29) is 11.8 Å². The van der Waals surface area contributed by atoms with Crippen molar-refractivity contribution < 1.29 is 14.3 Å². The second-order valence-electron chi connectivity index (χ2n) is 5.81. The van der Waals surface area contributed by atoms with E-state index in [2.05, 4.69) is 10.4 Å². The summed E-state index contributed by atoms with van der Waals surface area (Å²) in [6.45, 7) is 0. The van der Waals surface area contributed by atoms with Crippen molar-refractivity contribution >= 4 is 28.2 Å². The monoisotopic (exact) mass is 348 g/mol. The van der Waals surface area contributed by atoms with Gasteiger partial charge in [-0.15, -0.1) is 16.4 Å². The van der Waals surface area contributed by atoms with Crippen LogP contribution in [0.3, 0.4) is 0 Å². The molecule has 0 aromatic carbocycles. The van der Waals surface area contributed by atoms with E-state index in [4.69, 9.17) is 10.5 Å². The van der Waals surface area contributed by atoms with Crippen LogP contribution in [-0.2, 0) is 19.9 Å². The van der Waals surface area contributed by atoms with Gasteiger partial charge in [-0.25, -0.2) is 0 Å². The maximum atomic E-state index is 12.6. The molecule has 0 spiro atoms. The molecule has 0 aliphatic heterocycles. The lowest BCUT2D eigenvalue weighted by molar-refractivity contribution is 0.100. The molecule has 1 aliphatic carbocycles. The van der Waals surface area contributed by atoms with Gasteiger partial charge in [0.15, 0.2) is 0 Å². The average Bonchev–Trinajstić information content (AvgIpc) is 2.99. The SMILES string of the molecule is COc1nn(C)cc1C(=O)Nc1sc2c(c1C(N)=O)CCCCC2. The Morgan fingerprint density at radius 1 is 1.33 bits per heavy atom. The molecule has 0 saturated heterocycles. The summed E-state index contributed by atoms with van der Waals surface area (Å²) in [6.07, 6.45) is 6.61. The summed E-state index contributed by atoms with van der Waals surface area (Å²) in [4.78, 5) is 25.7. The molecule has 0 atom stereocenters. The number of ether oxygens (including phenoxy) is 1. The number of rotatable bonds is 4. The summed E-state index contributed by atoms with van der Waals surface area (Å²) < 4.78 is 6.63. The van der Waals surface area contributed by atoms with Gasteiger partial charge in [-0.1, -0.05) is 6.42 Å². The fourth-order valence-corrected chi connectivity index (χ4v) is 4.33. The summed E-state index contributed by atoms with van der Waals surface area (Å²) >= 11 is 1.45. The van der Waals surface area contributed by atoms with Crippen LogP contribution >= 0.6 is 11.3 Å². The topological polar surface area (TPSA) is 99.2 Å². The van der Waals surface area contributed by atoms with Gasteiger partial charge in [0.25, 0.3) is 11.8 Å². The molecule has 3 rings (SSSR count). The molecule has 3 N–H and O–H groups in total. The van der Waals surface area contributed by atoms with Crippen molar-refractivity contribution in [1.29, 1.82) is 0 Å². The van der Waals surface area contributed by atoms with Gasteiger partial charge in [-0.3, -0.25) is 14.3 Å². The highest BCUT2D eigenvalue weighted by Crippen LogP contribution is 2.37. The number of methoxy groups -OCH3 is 1. The Kier molecular flexibility index (Phi) is 4.57. The first-order valence-corrected chi connectivity index (χ1v) is 8.66. The van der Waals surface area contributed by atoms with Gasteiger partial charge in [-0.05, 0) is 31.2 Å². The second-order valence-corrected chi connectivity index (χ2v) is 6.92. The lowest BCUT2D eigenvalue weighted by Gasteiger charge is -2.06. The molecule has 8 heteroatoms. The fraction of sp³-hybridized carbons (Fsp3) is 0.438. The van der Waals surface area contributed by atoms with Crippen molar-refractivity contribution in [3.8, 4) is 5.88 Å². The van der Waals surface area contributed by atoms with Gasteiger partial charge in [0.1, 0.15) is 10.6 Å². The van der Waals surface area contributed by atoms with Crippen molar-refractivity contribution in [3.05, 3.63) is 27.8 Å². The van der Waals surface area contributed by atoms with Crippen LogP contribution < -0.4 is 15.8 Å². The number of amides is 2. The molecule has 1 aliphatic rings. The number of fused-ring (bicyclic) bond motifs is 1. The van der Waals surface area contributed by atoms with Crippen molar-refractivity contribution in [2.24, 2.45) is 12.8 Å². The molecule has 0 saturated carbocycles. The molecular weight excluding hydrogens is 328 g/mol. The zero-order valence-corrected chi connectivity index (χ0v) is 14.5. The Labute approximate surface area is 143 Å². The third-order valence-corrected chi connectivity index (χ3v) is 5.33. The molecule has 7 nitrogen and oxygen atoms in total. The molecule has 2 amide bonds. The van der Waals surface area contributed by atoms with Gasteiger partial charge in [0.2, 0.25) is 5.88 Å². The van der Waals surface area contributed by atoms with Crippen LogP contribution in [0.5, 0.6) is 5.88 Å². The number of nitrogens with one attached hydrogen (secondary N) is 1. The number of nitrogens with two attached hydrogens (primary N) is 1. The zero-order chi connectivity index (χ0) is 17.3. The normalized spacial score (nSPS) is 13.9. The highest BCUT2D eigenvalue weighted by molar-refractivity contribution is 7.17. The largest absolute Gasteiger partial charge is 0.479 e. The molecule has 0 unspecified atom stereocenters. The summed E-state index contributed by atoms with van der Waals surface area (Å²) in [6, 6.07) is 0. The van der Waals surface area contributed by atoms with Crippen LogP contribution in [0.25, 0.3) is 0 Å². The zero-order valence-electron chi connectivity index (χ0n) is 13.7. The Morgan fingerprint density at radius 3 is 2.79 bits per heavy atom. The molecule has 2 aromatic rings. The standard InChI is InChI=1S/C16H20N4O3S/c1-20-8-10(15(19-20)23-2)14(22)18-16-12(13(17)21)9-6-4-3-5-7-11(9)24-16/h8H,3-7H2,1-2H3,(H2,17,21)(H,18,22). The molecular formula is C16H20N4O3S. The van der Waals surface area contributed by atoms with Gasteiger partial charge in [0, 0.05) is 18.1 Å². The minimum absolute atomic E-state index is 0.244. The number of carbonyl (C=O) groups excluding carboxylic acids is 2. The van der Waals surface area contributed by atoms with E-state index < -0.39 is 5.91 Å². The van der Waals surface area contributed by atoms with E-state index in [1.807, 2.05) is 0 Å². The predicted octanol–water partition coefficient (Wildman–Crippen LogP) is 2.11. The van der Waals surface area contributed by atoms with Gasteiger partial charge in [0.05, 0.1) is 12.7 Å². The molecule has 0 radical (unpaired) electrons. The summed E-state index contributed by atoms with van der Waals surface area (Å²) in [5, 5.41) is 7.41. The summed E-state index contributed by atoms with van der Waals surface area (Å²) in [7, 11) is 3.17. The first-order chi connectivity index (χ1) is 11.5. The Balaban J connectivity index is 1.95. The molecule has 2 heterocycles. The molecule has 24 heavy (non-hydrogen) atoms. The fourth-order valence-electron chi connectivity index (χ4n) is 3.04. The third-order valence-electron chi connectivity index (χ3n) is 4.13. The van der Waals surface area contributed by atoms with Crippen molar-refractivity contribution in [1.82, 2.24) is 9.78 Å². The van der Waals surface area contributed by atoms with Crippen LogP contribution in [0.2, 0.25) is 0 Å². The van der Waals surface area contributed by atoms with Crippen molar-refractivity contribution in [3.63, 3.8) is 0 Å². The number of anilines is 1. The van der Waals surface area contributed by atoms with Crippen LogP contribution in [0.4, 0.5) is 5.00 Å². The van der Waals surface area contributed by atoms with E-state index in [1.165, 1.54) is 23.1 Å². The minimum atomic E-state index is -0.497. The number of hydrogen-bond acceptors (Lipinski definition) is 5.